The quantitative estimate of drug-likeness (QED) is 0.831. The van der Waals surface area contributed by atoms with Gasteiger partial charge in [0.15, 0.2) is 0 Å². The van der Waals surface area contributed by atoms with Crippen molar-refractivity contribution in [2.75, 3.05) is 6.61 Å². The number of ether oxygens (including phenoxy) is 2. The lowest BCUT2D eigenvalue weighted by Gasteiger charge is -2.23. The van der Waals surface area contributed by atoms with Crippen LogP contribution >= 0.6 is 0 Å². The number of aryl methyl sites for hydroxylation is 1. The van der Waals surface area contributed by atoms with Crippen LogP contribution in [0.4, 0.5) is 0 Å². The third kappa shape index (κ3) is 3.17. The van der Waals surface area contributed by atoms with Crippen LogP contribution in [0.3, 0.4) is 0 Å². The predicted molar refractivity (Wildman–Crippen MR) is 85.5 cm³/mol. The molecule has 2 heteroatoms. The maximum Gasteiger partial charge on any atom is 0.140 e. The van der Waals surface area contributed by atoms with E-state index in [1.54, 1.807) is 0 Å². The molecule has 0 saturated carbocycles. The van der Waals surface area contributed by atoms with Crippen LogP contribution in [0.2, 0.25) is 0 Å². The van der Waals surface area contributed by atoms with Crippen molar-refractivity contribution in [3.8, 4) is 5.75 Å². The Bertz CT molecular complexity index is 644. The van der Waals surface area contributed by atoms with E-state index in [9.17, 15) is 0 Å². The molecule has 1 aliphatic rings. The second-order valence-electron chi connectivity index (χ2n) is 5.44. The summed E-state index contributed by atoms with van der Waals surface area (Å²) in [6.07, 6.45) is 4.19. The molecule has 2 aromatic carbocycles. The SMILES string of the molecule is Cc1ccc2c(c1C)OC(COCc1ccccc1)C=C2. The van der Waals surface area contributed by atoms with E-state index in [0.29, 0.717) is 13.2 Å². The maximum absolute atomic E-state index is 6.07. The molecule has 1 heterocycles. The second kappa shape index (κ2) is 6.15. The van der Waals surface area contributed by atoms with Gasteiger partial charge in [0.25, 0.3) is 0 Å². The molecule has 0 N–H and O–H groups in total. The molecular formula is C19H20O2. The minimum Gasteiger partial charge on any atom is -0.483 e. The summed E-state index contributed by atoms with van der Waals surface area (Å²) in [5.41, 5.74) is 4.81. The van der Waals surface area contributed by atoms with Crippen molar-refractivity contribution in [3.63, 3.8) is 0 Å². The second-order valence-corrected chi connectivity index (χ2v) is 5.44. The standard InChI is InChI=1S/C19H20O2/c1-14-8-9-17-10-11-18(21-19(17)15(14)2)13-20-12-16-6-4-3-5-7-16/h3-11,18H,12-13H2,1-2H3. The highest BCUT2D eigenvalue weighted by Gasteiger charge is 2.17. The molecule has 0 amide bonds. The zero-order valence-electron chi connectivity index (χ0n) is 12.5. The van der Waals surface area contributed by atoms with Gasteiger partial charge in [-0.15, -0.1) is 0 Å². The normalized spacial score (nSPS) is 16.4. The van der Waals surface area contributed by atoms with Crippen molar-refractivity contribution < 1.29 is 9.47 Å². The summed E-state index contributed by atoms with van der Waals surface area (Å²) < 4.78 is 11.8. The Morgan fingerprint density at radius 2 is 1.86 bits per heavy atom. The highest BCUT2D eigenvalue weighted by Crippen LogP contribution is 2.31. The van der Waals surface area contributed by atoms with Gasteiger partial charge in [0.2, 0.25) is 0 Å². The van der Waals surface area contributed by atoms with E-state index in [0.717, 1.165) is 11.3 Å². The van der Waals surface area contributed by atoms with Crippen LogP contribution in [0.25, 0.3) is 6.08 Å². The monoisotopic (exact) mass is 280 g/mol. The van der Waals surface area contributed by atoms with Gasteiger partial charge in [-0.05, 0) is 36.6 Å². The molecular weight excluding hydrogens is 260 g/mol. The molecule has 0 fully saturated rings. The van der Waals surface area contributed by atoms with Gasteiger partial charge < -0.3 is 9.47 Å². The number of rotatable bonds is 4. The van der Waals surface area contributed by atoms with Gasteiger partial charge >= 0.3 is 0 Å². The van der Waals surface area contributed by atoms with Crippen LogP contribution in [0.1, 0.15) is 22.3 Å². The fourth-order valence-electron chi connectivity index (χ4n) is 2.46. The predicted octanol–water partition coefficient (Wildman–Crippen LogP) is 4.29. The topological polar surface area (TPSA) is 18.5 Å². The molecule has 0 spiro atoms. The van der Waals surface area contributed by atoms with Crippen molar-refractivity contribution in [2.45, 2.75) is 26.6 Å². The first-order valence-corrected chi connectivity index (χ1v) is 7.31. The third-order valence-corrected chi connectivity index (χ3v) is 3.86. The van der Waals surface area contributed by atoms with Crippen LogP contribution in [-0.4, -0.2) is 12.7 Å². The lowest BCUT2D eigenvalue weighted by molar-refractivity contribution is 0.0598. The van der Waals surface area contributed by atoms with Crippen LogP contribution in [0.5, 0.6) is 5.75 Å². The van der Waals surface area contributed by atoms with Gasteiger partial charge in [-0.3, -0.25) is 0 Å². The van der Waals surface area contributed by atoms with Crippen molar-refractivity contribution in [1.29, 1.82) is 0 Å². The zero-order chi connectivity index (χ0) is 14.7. The summed E-state index contributed by atoms with van der Waals surface area (Å²) in [4.78, 5) is 0. The molecule has 2 aromatic rings. The van der Waals surface area contributed by atoms with Crippen molar-refractivity contribution in [2.24, 2.45) is 0 Å². The van der Waals surface area contributed by atoms with Crippen molar-refractivity contribution in [3.05, 3.63) is 70.8 Å². The van der Waals surface area contributed by atoms with Gasteiger partial charge in [0.1, 0.15) is 11.9 Å². The van der Waals surface area contributed by atoms with Gasteiger partial charge in [0.05, 0.1) is 13.2 Å². The fourth-order valence-corrected chi connectivity index (χ4v) is 2.46. The van der Waals surface area contributed by atoms with E-state index in [-0.39, 0.29) is 6.10 Å². The molecule has 0 radical (unpaired) electrons. The first-order valence-electron chi connectivity index (χ1n) is 7.31. The molecule has 3 rings (SSSR count). The van der Waals surface area contributed by atoms with E-state index < -0.39 is 0 Å². The highest BCUT2D eigenvalue weighted by molar-refractivity contribution is 5.63. The van der Waals surface area contributed by atoms with Crippen LogP contribution in [0, 0.1) is 13.8 Å². The molecule has 1 unspecified atom stereocenters. The molecule has 0 aromatic heterocycles. The first kappa shape index (κ1) is 13.9. The first-order chi connectivity index (χ1) is 10.2. The minimum absolute atomic E-state index is 0.0123. The third-order valence-electron chi connectivity index (χ3n) is 3.86. The highest BCUT2D eigenvalue weighted by atomic mass is 16.5. The molecule has 0 aliphatic carbocycles. The smallest absolute Gasteiger partial charge is 0.140 e. The molecule has 1 aliphatic heterocycles. The van der Waals surface area contributed by atoms with Crippen LogP contribution in [-0.2, 0) is 11.3 Å². The Hall–Kier alpha value is -2.06. The van der Waals surface area contributed by atoms with E-state index in [4.69, 9.17) is 9.47 Å². The van der Waals surface area contributed by atoms with Gasteiger partial charge in [-0.25, -0.2) is 0 Å². The number of hydrogen-bond donors (Lipinski definition) is 0. The van der Waals surface area contributed by atoms with Crippen LogP contribution in [0.15, 0.2) is 48.5 Å². The lowest BCUT2D eigenvalue weighted by atomic mass is 10.0. The molecule has 21 heavy (non-hydrogen) atoms. The van der Waals surface area contributed by atoms with Crippen molar-refractivity contribution >= 4 is 6.08 Å². The van der Waals surface area contributed by atoms with E-state index in [1.165, 1.54) is 16.7 Å². The Morgan fingerprint density at radius 3 is 2.67 bits per heavy atom. The molecule has 0 saturated heterocycles. The largest absolute Gasteiger partial charge is 0.483 e. The summed E-state index contributed by atoms with van der Waals surface area (Å²) in [5, 5.41) is 0. The molecule has 1 atom stereocenters. The maximum atomic E-state index is 6.07. The van der Waals surface area contributed by atoms with Gasteiger partial charge in [-0.1, -0.05) is 48.5 Å². The van der Waals surface area contributed by atoms with Crippen molar-refractivity contribution in [1.82, 2.24) is 0 Å². The van der Waals surface area contributed by atoms with Gasteiger partial charge in [0, 0.05) is 5.56 Å². The molecule has 2 nitrogen and oxygen atoms in total. The van der Waals surface area contributed by atoms with E-state index in [1.807, 2.05) is 18.2 Å². The van der Waals surface area contributed by atoms with Gasteiger partial charge in [-0.2, -0.15) is 0 Å². The molecule has 0 bridgehead atoms. The van der Waals surface area contributed by atoms with Crippen LogP contribution < -0.4 is 4.74 Å². The summed E-state index contributed by atoms with van der Waals surface area (Å²) in [7, 11) is 0. The van der Waals surface area contributed by atoms with E-state index >= 15 is 0 Å². The number of hydrogen-bond acceptors (Lipinski definition) is 2. The lowest BCUT2D eigenvalue weighted by Crippen LogP contribution is -2.23. The summed E-state index contributed by atoms with van der Waals surface area (Å²) in [6.45, 7) is 5.40. The summed E-state index contributed by atoms with van der Waals surface area (Å²) >= 11 is 0. The average Bonchev–Trinajstić information content (AvgIpc) is 2.52. The Kier molecular flexibility index (Phi) is 4.07. The summed E-state index contributed by atoms with van der Waals surface area (Å²) in [5.74, 6) is 0.991. The average molecular weight is 280 g/mol. The Labute approximate surface area is 126 Å². The fraction of sp³-hybridized carbons (Fsp3) is 0.263. The number of fused-ring (bicyclic) bond motifs is 1. The number of benzene rings is 2. The Balaban J connectivity index is 1.61. The minimum atomic E-state index is -0.0123. The van der Waals surface area contributed by atoms with E-state index in [2.05, 4.69) is 50.3 Å². The Morgan fingerprint density at radius 1 is 1.05 bits per heavy atom. The zero-order valence-corrected chi connectivity index (χ0v) is 12.5. The molecule has 108 valence electrons. The summed E-state index contributed by atoms with van der Waals surface area (Å²) in [6, 6.07) is 14.4.